The third-order valence-corrected chi connectivity index (χ3v) is 6.48. The highest BCUT2D eigenvalue weighted by atomic mass is 32.1. The van der Waals surface area contributed by atoms with Crippen molar-refractivity contribution in [2.24, 2.45) is 5.73 Å². The Morgan fingerprint density at radius 1 is 1.10 bits per heavy atom. The monoisotopic (exact) mass is 560 g/mol. The maximum atomic E-state index is 13.4. The first kappa shape index (κ1) is 30.1. The molecule has 0 aliphatic heterocycles. The molecule has 0 aliphatic carbocycles. The number of hydrogen-bond acceptors (Lipinski definition) is 9. The van der Waals surface area contributed by atoms with E-state index in [1.165, 1.54) is 17.8 Å². The van der Waals surface area contributed by atoms with Gasteiger partial charge < -0.3 is 32.8 Å². The van der Waals surface area contributed by atoms with Crippen molar-refractivity contribution in [2.75, 3.05) is 23.4 Å². The van der Waals surface area contributed by atoms with Crippen LogP contribution in [0.2, 0.25) is 0 Å². The first-order valence-corrected chi connectivity index (χ1v) is 13.7. The van der Waals surface area contributed by atoms with Crippen molar-refractivity contribution in [3.8, 4) is 11.3 Å². The van der Waals surface area contributed by atoms with E-state index in [4.69, 9.17) is 11.1 Å². The van der Waals surface area contributed by atoms with E-state index in [0.29, 0.717) is 30.0 Å². The third-order valence-electron chi connectivity index (χ3n) is 5.75. The fourth-order valence-electron chi connectivity index (χ4n) is 3.88. The van der Waals surface area contributed by atoms with Gasteiger partial charge in [-0.05, 0) is 72.6 Å². The second-order valence-electron chi connectivity index (χ2n) is 9.17. The van der Waals surface area contributed by atoms with E-state index in [1.807, 2.05) is 61.7 Å². The van der Waals surface area contributed by atoms with Gasteiger partial charge in [0.15, 0.2) is 5.82 Å². The van der Waals surface area contributed by atoms with Gasteiger partial charge in [0, 0.05) is 42.3 Å². The van der Waals surface area contributed by atoms with Crippen molar-refractivity contribution in [3.05, 3.63) is 92.5 Å². The summed E-state index contributed by atoms with van der Waals surface area (Å²) in [6.45, 7) is 4.59. The van der Waals surface area contributed by atoms with Crippen LogP contribution in [0, 0.1) is 5.41 Å². The topological polar surface area (TPSA) is 164 Å². The van der Waals surface area contributed by atoms with E-state index < -0.39 is 5.56 Å². The van der Waals surface area contributed by atoms with Gasteiger partial charge in [0.1, 0.15) is 6.54 Å². The van der Waals surface area contributed by atoms with Gasteiger partial charge in [-0.1, -0.05) is 24.3 Å². The Balaban J connectivity index is 0.00000216. The number of amides is 1. The van der Waals surface area contributed by atoms with Crippen LogP contribution in [0.3, 0.4) is 0 Å². The van der Waals surface area contributed by atoms with Gasteiger partial charge >= 0.3 is 0 Å². The molecule has 0 radical (unpaired) electrons. The zero-order chi connectivity index (χ0) is 29.1. The fraction of sp³-hybridized carbons (Fsp3) is 0.241. The number of nitrogens with one attached hydrogen (secondary N) is 4. The Hall–Kier alpha value is -4.48. The second kappa shape index (κ2) is 14.6. The lowest BCUT2D eigenvalue weighted by Gasteiger charge is -2.17. The van der Waals surface area contributed by atoms with Gasteiger partial charge in [0.05, 0.1) is 11.9 Å². The van der Waals surface area contributed by atoms with Crippen molar-refractivity contribution >= 4 is 40.7 Å². The normalized spacial score (nSPS) is 10.4. The number of aromatic nitrogens is 2. The van der Waals surface area contributed by atoms with Crippen LogP contribution in [0.5, 0.6) is 0 Å². The molecule has 0 fully saturated rings. The number of anilines is 3. The molecule has 210 valence electrons. The van der Waals surface area contributed by atoms with Crippen molar-refractivity contribution in [1.29, 1.82) is 5.41 Å². The minimum Gasteiger partial charge on any atom is -0.399 e. The predicted octanol–water partition coefficient (Wildman–Crippen LogP) is 3.88. The van der Waals surface area contributed by atoms with Gasteiger partial charge in [-0.3, -0.25) is 14.2 Å². The van der Waals surface area contributed by atoms with Gasteiger partial charge in [-0.25, -0.2) is 4.98 Å². The molecule has 10 nitrogen and oxygen atoms in total. The summed E-state index contributed by atoms with van der Waals surface area (Å²) < 4.78 is 1.42. The summed E-state index contributed by atoms with van der Waals surface area (Å²) in [5, 5.41) is 20.7. The molecule has 11 heteroatoms. The fourth-order valence-corrected chi connectivity index (χ4v) is 4.55. The quantitative estimate of drug-likeness (QED) is 0.120. The molecule has 8 N–H and O–H groups in total. The Kier molecular flexibility index (Phi) is 11.0. The SMILES string of the molecule is CC(C)Nc1ncc(-c2cc(N)cc(NCc3ccsc3)c2)n(CC(=O)NCc2ccc(C=N)cc2)c1=O.CN. The number of rotatable bonds is 11. The van der Waals surface area contributed by atoms with Crippen molar-refractivity contribution in [2.45, 2.75) is 39.5 Å². The van der Waals surface area contributed by atoms with Crippen LogP contribution >= 0.6 is 11.3 Å². The molecule has 2 aromatic carbocycles. The Labute approximate surface area is 238 Å². The molecule has 2 heterocycles. The van der Waals surface area contributed by atoms with E-state index in [1.54, 1.807) is 23.6 Å². The Morgan fingerprint density at radius 3 is 2.50 bits per heavy atom. The van der Waals surface area contributed by atoms with Gasteiger partial charge in [0.25, 0.3) is 5.56 Å². The number of hydrogen-bond donors (Lipinski definition) is 6. The van der Waals surface area contributed by atoms with Crippen LogP contribution in [0.4, 0.5) is 17.2 Å². The van der Waals surface area contributed by atoms with Crippen LogP contribution in [-0.2, 0) is 24.4 Å². The molecule has 0 unspecified atom stereocenters. The second-order valence-corrected chi connectivity index (χ2v) is 9.95. The standard InChI is InChI=1S/C28H31N7O2S.CH5N/c1-18(2)34-27-28(37)35(16-26(36)32-13-20-5-3-19(12-29)4-6-20)25(15-33-27)22-9-23(30)11-24(10-22)31-14-21-7-8-38-17-21;1-2/h3-12,15,17-18,29,31H,13-14,16,30H2,1-2H3,(H,32,36)(H,33,34);2H2,1H3. The van der Waals surface area contributed by atoms with Crippen LogP contribution in [0.1, 0.15) is 30.5 Å². The molecule has 40 heavy (non-hydrogen) atoms. The summed E-state index contributed by atoms with van der Waals surface area (Å²) in [6.07, 6.45) is 2.86. The van der Waals surface area contributed by atoms with Crippen molar-refractivity contribution in [3.63, 3.8) is 0 Å². The number of nitrogens with zero attached hydrogens (tertiary/aromatic N) is 2. The number of carbonyl (C=O) groups is 1. The molecule has 0 bridgehead atoms. The maximum absolute atomic E-state index is 13.4. The minimum absolute atomic E-state index is 0.00691. The third kappa shape index (κ3) is 8.26. The first-order chi connectivity index (χ1) is 19.3. The largest absolute Gasteiger partial charge is 0.399 e. The smallest absolute Gasteiger partial charge is 0.294 e. The Bertz CT molecular complexity index is 1460. The van der Waals surface area contributed by atoms with Crippen molar-refractivity contribution in [1.82, 2.24) is 14.9 Å². The Morgan fingerprint density at radius 2 is 1.85 bits per heavy atom. The lowest BCUT2D eigenvalue weighted by molar-refractivity contribution is -0.121. The van der Waals surface area contributed by atoms with E-state index in [2.05, 4.69) is 32.0 Å². The summed E-state index contributed by atoms with van der Waals surface area (Å²) in [4.78, 5) is 30.7. The molecule has 0 aliphatic rings. The average Bonchev–Trinajstić information content (AvgIpc) is 3.48. The lowest BCUT2D eigenvalue weighted by atomic mass is 10.1. The summed E-state index contributed by atoms with van der Waals surface area (Å²) >= 11 is 1.63. The summed E-state index contributed by atoms with van der Waals surface area (Å²) in [6, 6.07) is 14.9. The zero-order valence-electron chi connectivity index (χ0n) is 22.9. The number of carbonyl (C=O) groups excluding carboxylic acids is 1. The van der Waals surface area contributed by atoms with E-state index in [0.717, 1.165) is 22.4 Å². The zero-order valence-corrected chi connectivity index (χ0v) is 23.7. The summed E-state index contributed by atoms with van der Waals surface area (Å²) in [7, 11) is 1.50. The molecule has 0 saturated heterocycles. The van der Waals surface area contributed by atoms with Gasteiger partial charge in [0.2, 0.25) is 5.91 Å². The van der Waals surface area contributed by atoms with E-state index >= 15 is 0 Å². The number of nitrogens with two attached hydrogens (primary N) is 2. The average molecular weight is 561 g/mol. The molecular formula is C29H36N8O2S. The molecule has 2 aromatic heterocycles. The van der Waals surface area contributed by atoms with Gasteiger partial charge in [-0.15, -0.1) is 0 Å². The van der Waals surface area contributed by atoms with Gasteiger partial charge in [-0.2, -0.15) is 11.3 Å². The number of benzene rings is 2. The predicted molar refractivity (Wildman–Crippen MR) is 165 cm³/mol. The van der Waals surface area contributed by atoms with Crippen LogP contribution in [-0.4, -0.2) is 34.8 Å². The summed E-state index contributed by atoms with van der Waals surface area (Å²) in [5.41, 5.74) is 15.6. The molecule has 4 aromatic rings. The molecule has 0 atom stereocenters. The highest BCUT2D eigenvalue weighted by Gasteiger charge is 2.16. The number of nitrogen functional groups attached to an aromatic ring is 1. The van der Waals surface area contributed by atoms with Crippen LogP contribution < -0.4 is 33.0 Å². The molecule has 1 amide bonds. The van der Waals surface area contributed by atoms with Crippen LogP contribution in [0.25, 0.3) is 11.3 Å². The van der Waals surface area contributed by atoms with E-state index in [9.17, 15) is 9.59 Å². The maximum Gasteiger partial charge on any atom is 0.294 e. The lowest BCUT2D eigenvalue weighted by Crippen LogP contribution is -2.35. The minimum atomic E-state index is -0.392. The molecule has 0 spiro atoms. The molecule has 4 rings (SSSR count). The highest BCUT2D eigenvalue weighted by Crippen LogP contribution is 2.26. The van der Waals surface area contributed by atoms with Crippen molar-refractivity contribution < 1.29 is 4.79 Å². The van der Waals surface area contributed by atoms with Crippen LogP contribution in [0.15, 0.2) is 70.3 Å². The first-order valence-electron chi connectivity index (χ1n) is 12.8. The molecule has 0 saturated carbocycles. The highest BCUT2D eigenvalue weighted by molar-refractivity contribution is 7.07. The molecular weight excluding hydrogens is 524 g/mol. The number of thiophene rings is 1. The summed E-state index contributed by atoms with van der Waals surface area (Å²) in [5.74, 6) is -0.135. The van der Waals surface area contributed by atoms with E-state index in [-0.39, 0.29) is 24.3 Å².